The lowest BCUT2D eigenvalue weighted by molar-refractivity contribution is -0.139. The molecule has 1 aromatic heterocycles. The van der Waals surface area contributed by atoms with Crippen molar-refractivity contribution in [1.82, 2.24) is 19.6 Å². The normalized spacial score (nSPS) is 32.0. The van der Waals surface area contributed by atoms with Gasteiger partial charge in [0, 0.05) is 45.1 Å². The van der Waals surface area contributed by atoms with Crippen LogP contribution in [0.4, 0.5) is 0 Å². The van der Waals surface area contributed by atoms with Gasteiger partial charge in [-0.15, -0.1) is 0 Å². The van der Waals surface area contributed by atoms with Crippen LogP contribution in [0.2, 0.25) is 0 Å². The fraction of sp³-hybridized carbons (Fsp3) is 0.722. The molecule has 3 saturated heterocycles. The Kier molecular flexibility index (Phi) is 4.50. The summed E-state index contributed by atoms with van der Waals surface area (Å²) in [6, 6.07) is 2.32. The van der Waals surface area contributed by atoms with Gasteiger partial charge in [0.1, 0.15) is 0 Å². The molecule has 136 valence electrons. The number of carbonyl (C=O) groups is 2. The van der Waals surface area contributed by atoms with E-state index in [1.54, 1.807) is 13.1 Å². The first-order valence-corrected chi connectivity index (χ1v) is 9.26. The van der Waals surface area contributed by atoms with Crippen LogP contribution < -0.4 is 0 Å². The highest BCUT2D eigenvalue weighted by Gasteiger charge is 2.46. The van der Waals surface area contributed by atoms with E-state index in [4.69, 9.17) is 4.74 Å². The lowest BCUT2D eigenvalue weighted by Crippen LogP contribution is -2.51. The minimum Gasteiger partial charge on any atom is -0.381 e. The number of hydrogen-bond acceptors (Lipinski definition) is 4. The Bertz CT molecular complexity index is 626. The number of aromatic nitrogens is 2. The molecule has 4 atom stereocenters. The largest absolute Gasteiger partial charge is 0.381 e. The zero-order chi connectivity index (χ0) is 17.4. The standard InChI is InChI=1S/C18H26N4O3/c1-13(23)22-16(11-21-6-2-5-19-21)9-15-10-20(7-3-17(15)22)18(24)14-4-8-25-12-14/h2,5-6,14-17H,3-4,7-12H2,1H3. The predicted molar refractivity (Wildman–Crippen MR) is 90.6 cm³/mol. The molecule has 2 amide bonds. The quantitative estimate of drug-likeness (QED) is 0.810. The smallest absolute Gasteiger partial charge is 0.228 e. The molecule has 0 radical (unpaired) electrons. The van der Waals surface area contributed by atoms with E-state index >= 15 is 0 Å². The minimum atomic E-state index is 0.0294. The fourth-order valence-electron chi connectivity index (χ4n) is 4.82. The third-order valence-electron chi connectivity index (χ3n) is 5.93. The highest BCUT2D eigenvalue weighted by molar-refractivity contribution is 5.79. The summed E-state index contributed by atoms with van der Waals surface area (Å²) in [5.41, 5.74) is 0. The van der Waals surface area contributed by atoms with Crippen LogP contribution in [0.1, 0.15) is 26.2 Å². The number of nitrogens with zero attached hydrogens (tertiary/aromatic N) is 4. The van der Waals surface area contributed by atoms with Gasteiger partial charge in [0.25, 0.3) is 0 Å². The summed E-state index contributed by atoms with van der Waals surface area (Å²) < 4.78 is 7.27. The molecule has 0 spiro atoms. The number of ether oxygens (including phenoxy) is 1. The Morgan fingerprint density at radius 1 is 1.32 bits per heavy atom. The molecule has 3 fully saturated rings. The Hall–Kier alpha value is -1.89. The van der Waals surface area contributed by atoms with Gasteiger partial charge in [0.2, 0.25) is 11.8 Å². The van der Waals surface area contributed by atoms with Gasteiger partial charge in [-0.2, -0.15) is 5.10 Å². The topological polar surface area (TPSA) is 67.7 Å². The average molecular weight is 346 g/mol. The van der Waals surface area contributed by atoms with Crippen LogP contribution in [0.15, 0.2) is 18.5 Å². The van der Waals surface area contributed by atoms with Crippen molar-refractivity contribution in [1.29, 1.82) is 0 Å². The van der Waals surface area contributed by atoms with Crippen molar-refractivity contribution in [3.63, 3.8) is 0 Å². The second kappa shape index (κ2) is 6.78. The Balaban J connectivity index is 1.45. The number of likely N-dealkylation sites (tertiary alicyclic amines) is 2. The minimum absolute atomic E-state index is 0.0294. The molecule has 7 heteroatoms. The highest BCUT2D eigenvalue weighted by Crippen LogP contribution is 2.37. The molecule has 1 aromatic rings. The van der Waals surface area contributed by atoms with E-state index in [-0.39, 0.29) is 29.8 Å². The van der Waals surface area contributed by atoms with E-state index in [1.807, 2.05) is 26.7 Å². The molecule has 25 heavy (non-hydrogen) atoms. The van der Waals surface area contributed by atoms with Crippen molar-refractivity contribution in [2.24, 2.45) is 11.8 Å². The predicted octanol–water partition coefficient (Wildman–Crippen LogP) is 0.758. The van der Waals surface area contributed by atoms with Gasteiger partial charge < -0.3 is 14.5 Å². The van der Waals surface area contributed by atoms with Gasteiger partial charge in [-0.25, -0.2) is 0 Å². The maximum Gasteiger partial charge on any atom is 0.228 e. The molecular formula is C18H26N4O3. The number of carbonyl (C=O) groups excluding carboxylic acids is 2. The van der Waals surface area contributed by atoms with Crippen LogP contribution in [-0.2, 0) is 20.9 Å². The lowest BCUT2D eigenvalue weighted by Gasteiger charge is -2.39. The van der Waals surface area contributed by atoms with E-state index in [0.717, 1.165) is 38.9 Å². The van der Waals surface area contributed by atoms with E-state index < -0.39 is 0 Å². The zero-order valence-corrected chi connectivity index (χ0v) is 14.7. The summed E-state index contributed by atoms with van der Waals surface area (Å²) >= 11 is 0. The van der Waals surface area contributed by atoms with Crippen LogP contribution in [0.5, 0.6) is 0 Å². The van der Waals surface area contributed by atoms with Crippen molar-refractivity contribution in [2.45, 2.75) is 44.8 Å². The molecule has 0 bridgehead atoms. The highest BCUT2D eigenvalue weighted by atomic mass is 16.5. The van der Waals surface area contributed by atoms with Gasteiger partial charge >= 0.3 is 0 Å². The Morgan fingerprint density at radius 3 is 2.88 bits per heavy atom. The van der Waals surface area contributed by atoms with Crippen molar-refractivity contribution in [3.8, 4) is 0 Å². The third-order valence-corrected chi connectivity index (χ3v) is 5.93. The lowest BCUT2D eigenvalue weighted by atomic mass is 9.91. The van der Waals surface area contributed by atoms with Gasteiger partial charge in [-0.3, -0.25) is 14.3 Å². The first-order chi connectivity index (χ1) is 12.1. The average Bonchev–Trinajstić information content (AvgIpc) is 3.34. The van der Waals surface area contributed by atoms with Crippen molar-refractivity contribution < 1.29 is 14.3 Å². The monoisotopic (exact) mass is 346 g/mol. The van der Waals surface area contributed by atoms with Crippen LogP contribution in [-0.4, -0.2) is 69.8 Å². The summed E-state index contributed by atoms with van der Waals surface area (Å²) in [7, 11) is 0. The van der Waals surface area contributed by atoms with Crippen molar-refractivity contribution in [3.05, 3.63) is 18.5 Å². The molecule has 0 aliphatic carbocycles. The fourth-order valence-corrected chi connectivity index (χ4v) is 4.82. The van der Waals surface area contributed by atoms with Crippen molar-refractivity contribution >= 4 is 11.8 Å². The summed E-state index contributed by atoms with van der Waals surface area (Å²) in [5, 5.41) is 4.29. The summed E-state index contributed by atoms with van der Waals surface area (Å²) in [6.45, 7) is 5.15. The molecule has 7 nitrogen and oxygen atoms in total. The molecule has 0 saturated carbocycles. The molecule has 3 aliphatic heterocycles. The number of fused-ring (bicyclic) bond motifs is 1. The van der Waals surface area contributed by atoms with Gasteiger partial charge in [0.05, 0.1) is 25.1 Å². The second-order valence-corrected chi connectivity index (χ2v) is 7.50. The third kappa shape index (κ3) is 3.17. The molecule has 3 aliphatic rings. The summed E-state index contributed by atoms with van der Waals surface area (Å²) in [5.74, 6) is 0.765. The van der Waals surface area contributed by atoms with E-state index in [0.29, 0.717) is 19.1 Å². The molecule has 4 unspecified atom stereocenters. The Morgan fingerprint density at radius 2 is 2.20 bits per heavy atom. The maximum absolute atomic E-state index is 12.7. The summed E-state index contributed by atoms with van der Waals surface area (Å²) in [4.78, 5) is 29.0. The van der Waals surface area contributed by atoms with Gasteiger partial charge in [0.15, 0.2) is 0 Å². The van der Waals surface area contributed by atoms with Crippen LogP contribution >= 0.6 is 0 Å². The van der Waals surface area contributed by atoms with Crippen LogP contribution in [0.25, 0.3) is 0 Å². The second-order valence-electron chi connectivity index (χ2n) is 7.50. The molecule has 0 aromatic carbocycles. The summed E-state index contributed by atoms with van der Waals surface area (Å²) in [6.07, 6.45) is 6.36. The first kappa shape index (κ1) is 16.6. The number of hydrogen-bond donors (Lipinski definition) is 0. The van der Waals surface area contributed by atoms with E-state index in [2.05, 4.69) is 5.10 Å². The maximum atomic E-state index is 12.7. The van der Waals surface area contributed by atoms with Gasteiger partial charge in [-0.05, 0) is 31.2 Å². The first-order valence-electron chi connectivity index (χ1n) is 9.26. The van der Waals surface area contributed by atoms with E-state index in [9.17, 15) is 9.59 Å². The Labute approximate surface area is 147 Å². The van der Waals surface area contributed by atoms with E-state index in [1.165, 1.54) is 0 Å². The van der Waals surface area contributed by atoms with Crippen LogP contribution in [0.3, 0.4) is 0 Å². The zero-order valence-electron chi connectivity index (χ0n) is 14.7. The number of rotatable bonds is 3. The van der Waals surface area contributed by atoms with Gasteiger partial charge in [-0.1, -0.05) is 0 Å². The number of amides is 2. The molecule has 0 N–H and O–H groups in total. The molecule has 4 heterocycles. The van der Waals surface area contributed by atoms with Crippen LogP contribution in [0, 0.1) is 11.8 Å². The molecular weight excluding hydrogens is 320 g/mol. The SMILES string of the molecule is CC(=O)N1C(Cn2cccn2)CC2CN(C(=O)C3CCOC3)CCC21. The van der Waals surface area contributed by atoms with Crippen molar-refractivity contribution in [2.75, 3.05) is 26.3 Å². The number of piperidine rings is 1. The molecule has 4 rings (SSSR count).